The molecule has 0 bridgehead atoms. The first-order chi connectivity index (χ1) is 9.67. The molecule has 1 aromatic heterocycles. The van der Waals surface area contributed by atoms with E-state index in [1.165, 1.54) is 19.2 Å². The Hall–Kier alpha value is -2.17. The van der Waals surface area contributed by atoms with Crippen LogP contribution in [-0.4, -0.2) is 22.6 Å². The van der Waals surface area contributed by atoms with E-state index in [1.54, 1.807) is 12.1 Å². The number of imidazole rings is 1. The molecule has 0 radical (unpaired) electrons. The van der Waals surface area contributed by atoms with Gasteiger partial charge in [-0.25, -0.2) is 9.37 Å². The predicted molar refractivity (Wildman–Crippen MR) is 71.4 cm³/mol. The molecule has 0 saturated carbocycles. The summed E-state index contributed by atoms with van der Waals surface area (Å²) in [7, 11) is 1.41. The average molecular weight is 274 g/mol. The Morgan fingerprint density at radius 3 is 2.85 bits per heavy atom. The van der Waals surface area contributed by atoms with E-state index in [1.807, 2.05) is 6.20 Å². The molecule has 1 aromatic carbocycles. The van der Waals surface area contributed by atoms with Crippen LogP contribution in [0.15, 0.2) is 30.5 Å². The summed E-state index contributed by atoms with van der Waals surface area (Å²) in [5.41, 5.74) is 1.69. The molecule has 2 aromatic rings. The summed E-state index contributed by atoms with van der Waals surface area (Å²) in [5.74, 6) is 0.327. The number of aryl methyl sites for hydroxylation is 1. The zero-order chi connectivity index (χ0) is 14.1. The molecule has 0 saturated heterocycles. The maximum atomic E-state index is 12.9. The Morgan fingerprint density at radius 1 is 1.40 bits per heavy atom. The molecule has 104 valence electrons. The number of hydrogen-bond donors (Lipinski definition) is 0. The minimum absolute atomic E-state index is 0.115. The number of halogens is 1. The molecule has 20 heavy (non-hydrogen) atoms. The van der Waals surface area contributed by atoms with Crippen molar-refractivity contribution in [2.75, 3.05) is 7.11 Å². The zero-order valence-electron chi connectivity index (χ0n) is 11.2. The number of nitrogens with zero attached hydrogens (tertiary/aromatic N) is 2. The third-order valence-corrected chi connectivity index (χ3v) is 3.68. The Bertz CT molecular complexity index is 634. The van der Waals surface area contributed by atoms with Crippen LogP contribution < -0.4 is 0 Å². The van der Waals surface area contributed by atoms with Gasteiger partial charge in [0, 0.05) is 24.7 Å². The number of esters is 1. The number of benzene rings is 1. The van der Waals surface area contributed by atoms with Gasteiger partial charge in [0.2, 0.25) is 0 Å². The molecule has 0 spiro atoms. The van der Waals surface area contributed by atoms with Crippen molar-refractivity contribution < 1.29 is 13.9 Å². The highest BCUT2D eigenvalue weighted by atomic mass is 19.1. The van der Waals surface area contributed by atoms with E-state index in [0.29, 0.717) is 6.42 Å². The van der Waals surface area contributed by atoms with Crippen LogP contribution in [0.4, 0.5) is 4.39 Å². The van der Waals surface area contributed by atoms with Crippen molar-refractivity contribution in [2.45, 2.75) is 19.4 Å². The Morgan fingerprint density at radius 2 is 2.15 bits per heavy atom. The molecular formula is C15H15FN2O2. The van der Waals surface area contributed by atoms with Gasteiger partial charge in [0.1, 0.15) is 11.6 Å². The Balaban J connectivity index is 1.86. The number of fused-ring (bicyclic) bond motifs is 1. The van der Waals surface area contributed by atoms with Crippen molar-refractivity contribution >= 4 is 5.97 Å². The third-order valence-electron chi connectivity index (χ3n) is 3.68. The molecule has 0 N–H and O–H groups in total. The summed E-state index contributed by atoms with van der Waals surface area (Å²) in [5, 5.41) is 0. The summed E-state index contributed by atoms with van der Waals surface area (Å²) in [6.45, 7) is 0.753. The second-order valence-electron chi connectivity index (χ2n) is 4.96. The lowest BCUT2D eigenvalue weighted by Crippen LogP contribution is -2.26. The van der Waals surface area contributed by atoms with E-state index in [2.05, 4.69) is 9.55 Å². The van der Waals surface area contributed by atoms with Gasteiger partial charge in [-0.1, -0.05) is 0 Å². The van der Waals surface area contributed by atoms with Crippen molar-refractivity contribution in [1.82, 2.24) is 9.55 Å². The van der Waals surface area contributed by atoms with Crippen LogP contribution in [0.1, 0.15) is 12.2 Å². The fraction of sp³-hybridized carbons (Fsp3) is 0.333. The topological polar surface area (TPSA) is 44.1 Å². The number of carbonyl (C=O) groups excluding carboxylic acids is 1. The monoisotopic (exact) mass is 274 g/mol. The van der Waals surface area contributed by atoms with Crippen molar-refractivity contribution in [2.24, 2.45) is 5.92 Å². The van der Waals surface area contributed by atoms with Crippen LogP contribution in [0.5, 0.6) is 0 Å². The summed E-state index contributed by atoms with van der Waals surface area (Å²) in [6.07, 6.45) is 3.31. The van der Waals surface area contributed by atoms with Crippen molar-refractivity contribution in [3.05, 3.63) is 42.1 Å². The molecule has 0 fully saturated rings. The van der Waals surface area contributed by atoms with Crippen molar-refractivity contribution in [3.63, 3.8) is 0 Å². The largest absolute Gasteiger partial charge is 0.469 e. The second kappa shape index (κ2) is 5.07. The van der Waals surface area contributed by atoms with E-state index in [-0.39, 0.29) is 17.7 Å². The fourth-order valence-corrected chi connectivity index (χ4v) is 2.56. The quantitative estimate of drug-likeness (QED) is 0.790. The molecular weight excluding hydrogens is 259 g/mol. The first-order valence-electron chi connectivity index (χ1n) is 6.57. The lowest BCUT2D eigenvalue weighted by atomic mass is 9.98. The predicted octanol–water partition coefficient (Wildman–Crippen LogP) is 2.42. The van der Waals surface area contributed by atoms with Crippen LogP contribution in [0.25, 0.3) is 11.3 Å². The van der Waals surface area contributed by atoms with E-state index in [0.717, 1.165) is 30.0 Å². The van der Waals surface area contributed by atoms with Gasteiger partial charge in [0.05, 0.1) is 18.7 Å². The molecule has 0 amide bonds. The maximum Gasteiger partial charge on any atom is 0.309 e. The summed E-state index contributed by atoms with van der Waals surface area (Å²) in [6, 6.07) is 6.26. The molecule has 1 aliphatic rings. The molecule has 1 aliphatic heterocycles. The van der Waals surface area contributed by atoms with Gasteiger partial charge in [-0.05, 0) is 30.7 Å². The molecule has 1 atom stereocenters. The molecule has 3 rings (SSSR count). The lowest BCUT2D eigenvalue weighted by Gasteiger charge is -2.20. The molecule has 4 nitrogen and oxygen atoms in total. The first kappa shape index (κ1) is 12.8. The second-order valence-corrected chi connectivity index (χ2v) is 4.96. The van der Waals surface area contributed by atoms with E-state index >= 15 is 0 Å². The van der Waals surface area contributed by atoms with E-state index in [4.69, 9.17) is 4.74 Å². The number of carbonyl (C=O) groups is 1. The number of rotatable bonds is 2. The number of aromatic nitrogens is 2. The van der Waals surface area contributed by atoms with Crippen LogP contribution >= 0.6 is 0 Å². The number of methoxy groups -OCH3 is 1. The van der Waals surface area contributed by atoms with Crippen molar-refractivity contribution in [1.29, 1.82) is 0 Å². The maximum absolute atomic E-state index is 12.9. The van der Waals surface area contributed by atoms with Gasteiger partial charge in [0.25, 0.3) is 0 Å². The van der Waals surface area contributed by atoms with Gasteiger partial charge < -0.3 is 9.30 Å². The highest BCUT2D eigenvalue weighted by Gasteiger charge is 2.27. The van der Waals surface area contributed by atoms with Gasteiger partial charge in [-0.3, -0.25) is 4.79 Å². The summed E-state index contributed by atoms with van der Waals surface area (Å²) >= 11 is 0. The normalized spacial score (nSPS) is 17.6. The van der Waals surface area contributed by atoms with Crippen LogP contribution in [0, 0.1) is 11.7 Å². The Labute approximate surface area is 116 Å². The summed E-state index contributed by atoms with van der Waals surface area (Å²) in [4.78, 5) is 16.1. The molecule has 2 heterocycles. The van der Waals surface area contributed by atoms with Crippen molar-refractivity contribution in [3.8, 4) is 11.3 Å². The zero-order valence-corrected chi connectivity index (χ0v) is 11.2. The van der Waals surface area contributed by atoms with Gasteiger partial charge in [-0.2, -0.15) is 0 Å². The third kappa shape index (κ3) is 2.31. The van der Waals surface area contributed by atoms with Gasteiger partial charge >= 0.3 is 5.97 Å². The minimum Gasteiger partial charge on any atom is -0.469 e. The highest BCUT2D eigenvalue weighted by molar-refractivity contribution is 5.72. The lowest BCUT2D eigenvalue weighted by molar-refractivity contribution is -0.146. The molecule has 0 aliphatic carbocycles. The minimum atomic E-state index is -0.261. The Kier molecular flexibility index (Phi) is 3.26. The van der Waals surface area contributed by atoms with E-state index in [9.17, 15) is 9.18 Å². The fourth-order valence-electron chi connectivity index (χ4n) is 2.56. The van der Waals surface area contributed by atoms with Crippen LogP contribution in [0.2, 0.25) is 0 Å². The highest BCUT2D eigenvalue weighted by Crippen LogP contribution is 2.25. The number of hydrogen-bond acceptors (Lipinski definition) is 3. The SMILES string of the molecule is COC(=O)C1CCn2cc(-c3ccc(F)cc3)nc2C1. The molecule has 5 heteroatoms. The summed E-state index contributed by atoms with van der Waals surface area (Å²) < 4.78 is 19.8. The van der Waals surface area contributed by atoms with Crippen LogP contribution in [0.3, 0.4) is 0 Å². The van der Waals surface area contributed by atoms with E-state index < -0.39 is 0 Å². The standard InChI is InChI=1S/C15H15FN2O2/c1-20-15(19)11-6-7-18-9-13(17-14(18)8-11)10-2-4-12(16)5-3-10/h2-5,9,11H,6-8H2,1H3. The molecule has 1 unspecified atom stereocenters. The first-order valence-corrected chi connectivity index (χ1v) is 6.57. The average Bonchev–Trinajstić information content (AvgIpc) is 2.90. The number of ether oxygens (including phenoxy) is 1. The van der Waals surface area contributed by atoms with Crippen LogP contribution in [-0.2, 0) is 22.5 Å². The van der Waals surface area contributed by atoms with Gasteiger partial charge in [-0.15, -0.1) is 0 Å². The smallest absolute Gasteiger partial charge is 0.309 e. The van der Waals surface area contributed by atoms with Gasteiger partial charge in [0.15, 0.2) is 0 Å².